The van der Waals surface area contributed by atoms with Crippen molar-refractivity contribution in [3.63, 3.8) is 0 Å². The SMILES string of the molecule is O=C(Nc1ccc2c(c1)OCO2)c1ccc2c(c1)CC(c1ccccc1)OC2=O. The van der Waals surface area contributed by atoms with Crippen LogP contribution in [0.15, 0.2) is 66.7 Å². The fourth-order valence-corrected chi connectivity index (χ4v) is 3.57. The average Bonchev–Trinajstić information content (AvgIpc) is 3.22. The van der Waals surface area contributed by atoms with Crippen LogP contribution < -0.4 is 14.8 Å². The topological polar surface area (TPSA) is 73.9 Å². The van der Waals surface area contributed by atoms with E-state index in [2.05, 4.69) is 5.32 Å². The Balaban J connectivity index is 1.38. The molecule has 5 rings (SSSR count). The molecule has 6 nitrogen and oxygen atoms in total. The summed E-state index contributed by atoms with van der Waals surface area (Å²) >= 11 is 0. The third kappa shape index (κ3) is 3.29. The number of hydrogen-bond acceptors (Lipinski definition) is 5. The normalized spacial score (nSPS) is 16.7. The number of carbonyl (C=O) groups is 2. The molecule has 1 amide bonds. The van der Waals surface area contributed by atoms with Gasteiger partial charge < -0.3 is 19.5 Å². The van der Waals surface area contributed by atoms with Gasteiger partial charge in [0.05, 0.1) is 5.56 Å². The van der Waals surface area contributed by atoms with Crippen molar-refractivity contribution in [1.82, 2.24) is 0 Å². The predicted octanol–water partition coefficient (Wildman–Crippen LogP) is 4.12. The van der Waals surface area contributed by atoms with Gasteiger partial charge in [-0.15, -0.1) is 0 Å². The first-order valence-electron chi connectivity index (χ1n) is 9.27. The van der Waals surface area contributed by atoms with Crippen molar-refractivity contribution in [2.45, 2.75) is 12.5 Å². The van der Waals surface area contributed by atoms with Crippen molar-refractivity contribution < 1.29 is 23.8 Å². The zero-order valence-corrected chi connectivity index (χ0v) is 15.4. The lowest BCUT2D eigenvalue weighted by Gasteiger charge is -2.25. The second-order valence-electron chi connectivity index (χ2n) is 6.90. The number of nitrogens with one attached hydrogen (secondary N) is 1. The Morgan fingerprint density at radius 1 is 0.931 bits per heavy atom. The number of ether oxygens (including phenoxy) is 3. The van der Waals surface area contributed by atoms with Crippen LogP contribution in [0.2, 0.25) is 0 Å². The van der Waals surface area contributed by atoms with Gasteiger partial charge in [0.25, 0.3) is 5.91 Å². The molecule has 0 spiro atoms. The van der Waals surface area contributed by atoms with Gasteiger partial charge in [0.1, 0.15) is 6.10 Å². The van der Waals surface area contributed by atoms with Gasteiger partial charge in [-0.1, -0.05) is 30.3 Å². The summed E-state index contributed by atoms with van der Waals surface area (Å²) in [7, 11) is 0. The largest absolute Gasteiger partial charge is 0.454 e. The van der Waals surface area contributed by atoms with Gasteiger partial charge in [0.15, 0.2) is 11.5 Å². The minimum Gasteiger partial charge on any atom is -0.454 e. The molecule has 29 heavy (non-hydrogen) atoms. The highest BCUT2D eigenvalue weighted by atomic mass is 16.7. The number of fused-ring (bicyclic) bond motifs is 2. The highest BCUT2D eigenvalue weighted by Crippen LogP contribution is 2.35. The highest BCUT2D eigenvalue weighted by Gasteiger charge is 2.28. The van der Waals surface area contributed by atoms with Crippen molar-refractivity contribution in [1.29, 1.82) is 0 Å². The molecule has 1 atom stereocenters. The lowest BCUT2D eigenvalue weighted by Crippen LogP contribution is -2.23. The first-order chi connectivity index (χ1) is 14.2. The quantitative estimate of drug-likeness (QED) is 0.685. The van der Waals surface area contributed by atoms with Crippen LogP contribution in [0.1, 0.15) is 37.9 Å². The summed E-state index contributed by atoms with van der Waals surface area (Å²) in [6.07, 6.45) is 0.166. The minimum absolute atomic E-state index is 0.177. The predicted molar refractivity (Wildman–Crippen MR) is 105 cm³/mol. The molecule has 0 aromatic heterocycles. The summed E-state index contributed by atoms with van der Waals surface area (Å²) in [6, 6.07) is 19.9. The molecular weight excluding hydrogens is 370 g/mol. The first-order valence-corrected chi connectivity index (χ1v) is 9.27. The van der Waals surface area contributed by atoms with E-state index in [-0.39, 0.29) is 24.8 Å². The van der Waals surface area contributed by atoms with Crippen molar-refractivity contribution in [3.8, 4) is 11.5 Å². The number of rotatable bonds is 3. The van der Waals surface area contributed by atoms with E-state index in [0.717, 1.165) is 11.1 Å². The molecule has 6 heteroatoms. The summed E-state index contributed by atoms with van der Waals surface area (Å²) in [5, 5.41) is 2.86. The van der Waals surface area contributed by atoms with Crippen molar-refractivity contribution >= 4 is 17.6 Å². The van der Waals surface area contributed by atoms with Crippen molar-refractivity contribution in [2.24, 2.45) is 0 Å². The number of anilines is 1. The average molecular weight is 387 g/mol. The van der Waals surface area contributed by atoms with E-state index in [1.807, 2.05) is 30.3 Å². The van der Waals surface area contributed by atoms with Crippen LogP contribution >= 0.6 is 0 Å². The maximum atomic E-state index is 12.7. The first kappa shape index (κ1) is 17.3. The number of amides is 1. The molecule has 2 heterocycles. The van der Waals surface area contributed by atoms with E-state index in [1.165, 1.54) is 0 Å². The van der Waals surface area contributed by atoms with E-state index in [9.17, 15) is 9.59 Å². The summed E-state index contributed by atoms with van der Waals surface area (Å²) in [4.78, 5) is 25.1. The molecule has 3 aromatic carbocycles. The van der Waals surface area contributed by atoms with Crippen LogP contribution in [-0.4, -0.2) is 18.7 Å². The minimum atomic E-state index is -0.372. The summed E-state index contributed by atoms with van der Waals surface area (Å²) in [5.74, 6) is 0.619. The molecule has 2 aliphatic rings. The van der Waals surface area contributed by atoms with E-state index < -0.39 is 0 Å². The number of esters is 1. The van der Waals surface area contributed by atoms with Crippen LogP contribution in [0.3, 0.4) is 0 Å². The fraction of sp³-hybridized carbons (Fsp3) is 0.130. The Morgan fingerprint density at radius 3 is 2.62 bits per heavy atom. The van der Waals surface area contributed by atoms with Crippen LogP contribution in [0.5, 0.6) is 11.5 Å². The molecule has 3 aromatic rings. The number of cyclic esters (lactones) is 1. The van der Waals surface area contributed by atoms with Crippen LogP contribution in [-0.2, 0) is 11.2 Å². The Morgan fingerprint density at radius 2 is 1.76 bits per heavy atom. The molecule has 0 radical (unpaired) electrons. The summed E-state index contributed by atoms with van der Waals surface area (Å²) in [6.45, 7) is 0.177. The van der Waals surface area contributed by atoms with E-state index in [0.29, 0.717) is 34.7 Å². The standard InChI is InChI=1S/C23H17NO5/c25-22(24-17-7-9-19-21(12-17)28-13-27-19)15-6-8-18-16(10-15)11-20(29-23(18)26)14-4-2-1-3-5-14/h1-10,12,20H,11,13H2,(H,24,25). The molecule has 1 unspecified atom stereocenters. The van der Waals surface area contributed by atoms with Gasteiger partial charge in [0.2, 0.25) is 6.79 Å². The molecule has 0 bridgehead atoms. The third-order valence-electron chi connectivity index (χ3n) is 5.04. The molecule has 0 fully saturated rings. The van der Waals surface area contributed by atoms with Gasteiger partial charge in [-0.05, 0) is 41.5 Å². The molecule has 0 aliphatic carbocycles. The maximum Gasteiger partial charge on any atom is 0.339 e. The number of benzene rings is 3. The summed E-state index contributed by atoms with van der Waals surface area (Å²) < 4.78 is 16.2. The van der Waals surface area contributed by atoms with E-state index >= 15 is 0 Å². The van der Waals surface area contributed by atoms with Crippen LogP contribution in [0, 0.1) is 0 Å². The molecule has 2 aliphatic heterocycles. The van der Waals surface area contributed by atoms with Gasteiger partial charge >= 0.3 is 5.97 Å². The van der Waals surface area contributed by atoms with E-state index in [4.69, 9.17) is 14.2 Å². The fourth-order valence-electron chi connectivity index (χ4n) is 3.57. The molecular formula is C23H17NO5. The van der Waals surface area contributed by atoms with Gasteiger partial charge in [-0.25, -0.2) is 4.79 Å². The second kappa shape index (κ2) is 6.98. The molecule has 0 saturated heterocycles. The summed E-state index contributed by atoms with van der Waals surface area (Å²) in [5.41, 5.74) is 3.31. The van der Waals surface area contributed by atoms with E-state index in [1.54, 1.807) is 36.4 Å². The van der Waals surface area contributed by atoms with Gasteiger partial charge in [0, 0.05) is 23.7 Å². The van der Waals surface area contributed by atoms with Gasteiger partial charge in [-0.2, -0.15) is 0 Å². The highest BCUT2D eigenvalue weighted by molar-refractivity contribution is 6.05. The molecule has 0 saturated carbocycles. The lowest BCUT2D eigenvalue weighted by atomic mass is 9.93. The Hall–Kier alpha value is -3.80. The zero-order valence-electron chi connectivity index (χ0n) is 15.4. The second-order valence-corrected chi connectivity index (χ2v) is 6.90. The zero-order chi connectivity index (χ0) is 19.8. The van der Waals surface area contributed by atoms with Crippen molar-refractivity contribution in [2.75, 3.05) is 12.1 Å². The number of hydrogen-bond donors (Lipinski definition) is 1. The molecule has 1 N–H and O–H groups in total. The lowest BCUT2D eigenvalue weighted by molar-refractivity contribution is 0.0252. The Bertz CT molecular complexity index is 1110. The number of carbonyl (C=O) groups excluding carboxylic acids is 2. The Labute approximate surface area is 167 Å². The van der Waals surface area contributed by atoms with Crippen molar-refractivity contribution in [3.05, 3.63) is 89.0 Å². The maximum absolute atomic E-state index is 12.7. The smallest absolute Gasteiger partial charge is 0.339 e. The Kier molecular flexibility index (Phi) is 4.17. The molecule has 144 valence electrons. The van der Waals surface area contributed by atoms with Gasteiger partial charge in [-0.3, -0.25) is 4.79 Å². The monoisotopic (exact) mass is 387 g/mol. The van der Waals surface area contributed by atoms with Crippen LogP contribution in [0.25, 0.3) is 0 Å². The van der Waals surface area contributed by atoms with Crippen LogP contribution in [0.4, 0.5) is 5.69 Å². The third-order valence-corrected chi connectivity index (χ3v) is 5.04.